The first kappa shape index (κ1) is 13.1. The first-order valence-corrected chi connectivity index (χ1v) is 6.90. The number of nitriles is 1. The lowest BCUT2D eigenvalue weighted by Gasteiger charge is -2.21. The molecular formula is C14H22N4. The minimum absolute atomic E-state index is 0.208. The minimum atomic E-state index is -0.208. The van der Waals surface area contributed by atoms with Gasteiger partial charge in [-0.25, -0.2) is 9.67 Å². The molecule has 2 atom stereocenters. The molecule has 0 spiro atoms. The van der Waals surface area contributed by atoms with Crippen molar-refractivity contribution in [3.05, 3.63) is 12.2 Å². The van der Waals surface area contributed by atoms with E-state index in [4.69, 9.17) is 0 Å². The summed E-state index contributed by atoms with van der Waals surface area (Å²) in [6.07, 6.45) is 6.74. The standard InChI is InChI=1S/C14H22N4/c1-4-12-5-6-14(7-12,9-15)8-13-16-10-17-18(13)11(2)3/h10-12H,4-8H2,1-3H3. The van der Waals surface area contributed by atoms with Crippen LogP contribution in [0.5, 0.6) is 0 Å². The lowest BCUT2D eigenvalue weighted by Crippen LogP contribution is -2.22. The van der Waals surface area contributed by atoms with Gasteiger partial charge in [0.1, 0.15) is 12.2 Å². The molecule has 4 heteroatoms. The maximum Gasteiger partial charge on any atom is 0.138 e. The predicted molar refractivity (Wildman–Crippen MR) is 69.8 cm³/mol. The third kappa shape index (κ3) is 2.40. The molecule has 18 heavy (non-hydrogen) atoms. The molecule has 0 N–H and O–H groups in total. The minimum Gasteiger partial charge on any atom is -0.248 e. The van der Waals surface area contributed by atoms with Crippen molar-refractivity contribution >= 4 is 0 Å². The zero-order valence-electron chi connectivity index (χ0n) is 11.6. The van der Waals surface area contributed by atoms with Gasteiger partial charge in [0.25, 0.3) is 0 Å². The third-order valence-electron chi connectivity index (χ3n) is 4.16. The van der Waals surface area contributed by atoms with E-state index in [1.807, 2.05) is 4.68 Å². The Hall–Kier alpha value is -1.37. The van der Waals surface area contributed by atoms with Crippen molar-refractivity contribution in [2.75, 3.05) is 0 Å². The second-order valence-corrected chi connectivity index (χ2v) is 5.80. The average Bonchev–Trinajstić information content (AvgIpc) is 2.97. The van der Waals surface area contributed by atoms with Crippen LogP contribution in [0, 0.1) is 22.7 Å². The van der Waals surface area contributed by atoms with Crippen molar-refractivity contribution < 1.29 is 0 Å². The quantitative estimate of drug-likeness (QED) is 0.820. The summed E-state index contributed by atoms with van der Waals surface area (Å²) in [5.74, 6) is 1.67. The van der Waals surface area contributed by atoms with Crippen molar-refractivity contribution in [2.45, 2.75) is 58.9 Å². The van der Waals surface area contributed by atoms with E-state index in [-0.39, 0.29) is 5.41 Å². The smallest absolute Gasteiger partial charge is 0.138 e. The summed E-state index contributed by atoms with van der Waals surface area (Å²) in [6.45, 7) is 6.41. The van der Waals surface area contributed by atoms with Crippen molar-refractivity contribution in [3.8, 4) is 6.07 Å². The fourth-order valence-electron chi connectivity index (χ4n) is 3.02. The van der Waals surface area contributed by atoms with Gasteiger partial charge in [0, 0.05) is 12.5 Å². The Morgan fingerprint density at radius 3 is 2.94 bits per heavy atom. The molecule has 1 aliphatic carbocycles. The molecule has 0 radical (unpaired) electrons. The van der Waals surface area contributed by atoms with Crippen LogP contribution in [0.1, 0.15) is 58.3 Å². The molecule has 0 aliphatic heterocycles. The Bertz CT molecular complexity index is 443. The van der Waals surface area contributed by atoms with E-state index < -0.39 is 0 Å². The van der Waals surface area contributed by atoms with Gasteiger partial charge in [0.05, 0.1) is 11.5 Å². The summed E-state index contributed by atoms with van der Waals surface area (Å²) < 4.78 is 1.94. The Balaban J connectivity index is 2.17. The number of nitrogens with zero attached hydrogens (tertiary/aromatic N) is 4. The molecule has 2 rings (SSSR count). The zero-order chi connectivity index (χ0) is 13.2. The first-order chi connectivity index (χ1) is 8.60. The van der Waals surface area contributed by atoms with E-state index in [2.05, 4.69) is 36.9 Å². The maximum absolute atomic E-state index is 9.55. The monoisotopic (exact) mass is 246 g/mol. The van der Waals surface area contributed by atoms with E-state index >= 15 is 0 Å². The number of rotatable bonds is 4. The maximum atomic E-state index is 9.55. The van der Waals surface area contributed by atoms with Gasteiger partial charge in [-0.05, 0) is 39.0 Å². The zero-order valence-corrected chi connectivity index (χ0v) is 11.6. The van der Waals surface area contributed by atoms with E-state index in [1.165, 1.54) is 12.8 Å². The lowest BCUT2D eigenvalue weighted by molar-refractivity contribution is 0.357. The van der Waals surface area contributed by atoms with E-state index in [0.717, 1.165) is 25.1 Å². The highest BCUT2D eigenvalue weighted by molar-refractivity contribution is 5.09. The normalized spacial score (nSPS) is 27.6. The molecule has 0 aromatic carbocycles. The lowest BCUT2D eigenvalue weighted by atomic mass is 9.83. The molecule has 98 valence electrons. The molecule has 1 saturated carbocycles. The highest BCUT2D eigenvalue weighted by Crippen LogP contribution is 2.44. The molecule has 0 amide bonds. The van der Waals surface area contributed by atoms with Crippen LogP contribution < -0.4 is 0 Å². The van der Waals surface area contributed by atoms with Gasteiger partial charge >= 0.3 is 0 Å². The van der Waals surface area contributed by atoms with Gasteiger partial charge in [-0.15, -0.1) is 0 Å². The van der Waals surface area contributed by atoms with Gasteiger partial charge < -0.3 is 0 Å². The van der Waals surface area contributed by atoms with Gasteiger partial charge in [-0.2, -0.15) is 10.4 Å². The predicted octanol–water partition coefficient (Wildman–Crippen LogP) is 3.12. The number of hydrogen-bond donors (Lipinski definition) is 0. The highest BCUT2D eigenvalue weighted by atomic mass is 15.3. The molecule has 4 nitrogen and oxygen atoms in total. The van der Waals surface area contributed by atoms with Crippen molar-refractivity contribution in [1.29, 1.82) is 5.26 Å². The average molecular weight is 246 g/mol. The number of hydrogen-bond acceptors (Lipinski definition) is 3. The molecule has 1 aromatic rings. The van der Waals surface area contributed by atoms with Crippen molar-refractivity contribution in [2.24, 2.45) is 11.3 Å². The van der Waals surface area contributed by atoms with Crippen LogP contribution in [0.25, 0.3) is 0 Å². The molecule has 2 unspecified atom stereocenters. The fraction of sp³-hybridized carbons (Fsp3) is 0.786. The van der Waals surface area contributed by atoms with Crippen LogP contribution >= 0.6 is 0 Å². The Morgan fingerprint density at radius 1 is 1.61 bits per heavy atom. The SMILES string of the molecule is CCC1CCC(C#N)(Cc2ncnn2C(C)C)C1. The first-order valence-electron chi connectivity index (χ1n) is 6.90. The van der Waals surface area contributed by atoms with Gasteiger partial charge in [-0.1, -0.05) is 13.3 Å². The molecule has 1 aromatic heterocycles. The third-order valence-corrected chi connectivity index (χ3v) is 4.16. The summed E-state index contributed by atoms with van der Waals surface area (Å²) in [5.41, 5.74) is -0.208. The molecule has 0 saturated heterocycles. The number of aromatic nitrogens is 3. The highest BCUT2D eigenvalue weighted by Gasteiger charge is 2.40. The molecule has 0 bridgehead atoms. The van der Waals surface area contributed by atoms with Crippen molar-refractivity contribution in [3.63, 3.8) is 0 Å². The van der Waals surface area contributed by atoms with Crippen LogP contribution in [-0.2, 0) is 6.42 Å². The Morgan fingerprint density at radius 2 is 2.39 bits per heavy atom. The van der Waals surface area contributed by atoms with Crippen LogP contribution in [-0.4, -0.2) is 14.8 Å². The van der Waals surface area contributed by atoms with E-state index in [1.54, 1.807) is 6.33 Å². The summed E-state index contributed by atoms with van der Waals surface area (Å²) in [7, 11) is 0. The summed E-state index contributed by atoms with van der Waals surface area (Å²) in [4.78, 5) is 4.35. The van der Waals surface area contributed by atoms with Gasteiger partial charge in [-0.3, -0.25) is 0 Å². The van der Waals surface area contributed by atoms with Crippen LogP contribution in [0.2, 0.25) is 0 Å². The molecule has 1 heterocycles. The molecule has 1 aliphatic rings. The second kappa shape index (κ2) is 5.09. The van der Waals surface area contributed by atoms with Gasteiger partial charge in [0.2, 0.25) is 0 Å². The summed E-state index contributed by atoms with van der Waals surface area (Å²) >= 11 is 0. The van der Waals surface area contributed by atoms with Crippen molar-refractivity contribution in [1.82, 2.24) is 14.8 Å². The Labute approximate surface area is 109 Å². The fourth-order valence-corrected chi connectivity index (χ4v) is 3.02. The summed E-state index contributed by atoms with van der Waals surface area (Å²) in [6, 6.07) is 2.87. The second-order valence-electron chi connectivity index (χ2n) is 5.80. The molecular weight excluding hydrogens is 224 g/mol. The topological polar surface area (TPSA) is 54.5 Å². The summed E-state index contributed by atoms with van der Waals surface area (Å²) in [5, 5.41) is 13.8. The van der Waals surface area contributed by atoms with E-state index in [0.29, 0.717) is 12.0 Å². The van der Waals surface area contributed by atoms with Crippen LogP contribution in [0.3, 0.4) is 0 Å². The van der Waals surface area contributed by atoms with Crippen LogP contribution in [0.15, 0.2) is 6.33 Å². The van der Waals surface area contributed by atoms with E-state index in [9.17, 15) is 5.26 Å². The van der Waals surface area contributed by atoms with Crippen LogP contribution in [0.4, 0.5) is 0 Å². The Kier molecular flexibility index (Phi) is 3.70. The largest absolute Gasteiger partial charge is 0.248 e. The van der Waals surface area contributed by atoms with Gasteiger partial charge in [0.15, 0.2) is 0 Å². The molecule has 1 fully saturated rings.